The van der Waals surface area contributed by atoms with Crippen LogP contribution in [0.3, 0.4) is 0 Å². The zero-order valence-electron chi connectivity index (χ0n) is 10.8. The van der Waals surface area contributed by atoms with E-state index in [4.69, 9.17) is 4.74 Å². The van der Waals surface area contributed by atoms with Crippen molar-refractivity contribution in [1.82, 2.24) is 5.32 Å². The molecule has 0 aliphatic heterocycles. The molecule has 0 aliphatic carbocycles. The van der Waals surface area contributed by atoms with Crippen LogP contribution in [-0.4, -0.2) is 36.7 Å². The van der Waals surface area contributed by atoms with E-state index in [-0.39, 0.29) is 5.97 Å². The van der Waals surface area contributed by atoms with Crippen molar-refractivity contribution in [3.05, 3.63) is 0 Å². The monoisotopic (exact) mass is 247 g/mol. The van der Waals surface area contributed by atoms with Crippen molar-refractivity contribution in [2.75, 3.05) is 24.7 Å². The summed E-state index contributed by atoms with van der Waals surface area (Å²) in [5.74, 6) is 1.44. The van der Waals surface area contributed by atoms with E-state index in [1.165, 1.54) is 12.8 Å². The van der Waals surface area contributed by atoms with E-state index < -0.39 is 0 Å². The first-order valence-corrected chi connectivity index (χ1v) is 7.32. The first-order chi connectivity index (χ1) is 7.70. The third kappa shape index (κ3) is 10.3. The number of ether oxygens (including phenoxy) is 1. The Hall–Kier alpha value is -0.220. The van der Waals surface area contributed by atoms with Crippen molar-refractivity contribution in [3.8, 4) is 0 Å². The molecule has 0 heterocycles. The second kappa shape index (κ2) is 11.3. The third-order valence-corrected chi connectivity index (χ3v) is 3.21. The minimum atomic E-state index is -0.0929. The maximum Gasteiger partial charge on any atom is 0.315 e. The Labute approximate surface area is 104 Å². The van der Waals surface area contributed by atoms with Gasteiger partial charge in [-0.25, -0.2) is 0 Å². The Morgan fingerprint density at radius 1 is 1.44 bits per heavy atom. The minimum Gasteiger partial charge on any atom is -0.465 e. The van der Waals surface area contributed by atoms with Gasteiger partial charge in [0, 0.05) is 6.04 Å². The largest absolute Gasteiger partial charge is 0.465 e. The summed E-state index contributed by atoms with van der Waals surface area (Å²) >= 11 is 1.66. The van der Waals surface area contributed by atoms with Crippen LogP contribution in [0.25, 0.3) is 0 Å². The Morgan fingerprint density at radius 2 is 2.19 bits per heavy atom. The summed E-state index contributed by atoms with van der Waals surface area (Å²) in [5, 5.41) is 3.45. The molecule has 0 aromatic rings. The van der Waals surface area contributed by atoms with Gasteiger partial charge in [0.05, 0.1) is 12.4 Å². The highest BCUT2D eigenvalue weighted by Gasteiger charge is 2.03. The first kappa shape index (κ1) is 15.8. The molecule has 0 radical (unpaired) electrons. The SMILES string of the molecule is CCCNC(C)CCCSCC(=O)OCC. The minimum absolute atomic E-state index is 0.0929. The van der Waals surface area contributed by atoms with E-state index in [2.05, 4.69) is 19.2 Å². The van der Waals surface area contributed by atoms with Crippen LogP contribution in [-0.2, 0) is 9.53 Å². The van der Waals surface area contributed by atoms with Crippen molar-refractivity contribution in [1.29, 1.82) is 0 Å². The molecule has 0 bridgehead atoms. The second-order valence-electron chi connectivity index (χ2n) is 3.86. The number of hydrogen-bond donors (Lipinski definition) is 1. The molecular formula is C12H25NO2S. The predicted molar refractivity (Wildman–Crippen MR) is 70.9 cm³/mol. The van der Waals surface area contributed by atoms with Gasteiger partial charge in [-0.1, -0.05) is 6.92 Å². The molecule has 0 aliphatic rings. The average molecular weight is 247 g/mol. The van der Waals surface area contributed by atoms with Crippen LogP contribution in [0, 0.1) is 0 Å². The van der Waals surface area contributed by atoms with E-state index in [0.717, 1.165) is 18.7 Å². The molecule has 0 rings (SSSR count). The van der Waals surface area contributed by atoms with Crippen molar-refractivity contribution >= 4 is 17.7 Å². The van der Waals surface area contributed by atoms with Gasteiger partial charge in [0.2, 0.25) is 0 Å². The molecule has 0 aromatic carbocycles. The van der Waals surface area contributed by atoms with Crippen LogP contribution < -0.4 is 5.32 Å². The summed E-state index contributed by atoms with van der Waals surface area (Å²) in [6, 6.07) is 0.586. The second-order valence-corrected chi connectivity index (χ2v) is 4.96. The van der Waals surface area contributed by atoms with Crippen molar-refractivity contribution < 1.29 is 9.53 Å². The smallest absolute Gasteiger partial charge is 0.315 e. The van der Waals surface area contributed by atoms with E-state index in [1.807, 2.05) is 6.92 Å². The number of rotatable bonds is 10. The Morgan fingerprint density at radius 3 is 2.81 bits per heavy atom. The van der Waals surface area contributed by atoms with Gasteiger partial charge in [-0.15, -0.1) is 0 Å². The maximum absolute atomic E-state index is 11.0. The summed E-state index contributed by atoms with van der Waals surface area (Å²) in [5.41, 5.74) is 0. The molecule has 4 heteroatoms. The number of hydrogen-bond acceptors (Lipinski definition) is 4. The van der Waals surface area contributed by atoms with Crippen molar-refractivity contribution in [2.45, 2.75) is 46.1 Å². The van der Waals surface area contributed by atoms with Crippen LogP contribution in [0.4, 0.5) is 0 Å². The molecule has 16 heavy (non-hydrogen) atoms. The van der Waals surface area contributed by atoms with Gasteiger partial charge < -0.3 is 10.1 Å². The normalized spacial score (nSPS) is 12.4. The molecule has 0 aromatic heterocycles. The lowest BCUT2D eigenvalue weighted by molar-refractivity contribution is -0.139. The number of esters is 1. The Bertz CT molecular complexity index is 176. The zero-order chi connectivity index (χ0) is 12.2. The molecule has 0 saturated carbocycles. The Kier molecular flexibility index (Phi) is 11.1. The third-order valence-electron chi connectivity index (χ3n) is 2.19. The quantitative estimate of drug-likeness (QED) is 0.475. The van der Waals surface area contributed by atoms with Crippen LogP contribution in [0.5, 0.6) is 0 Å². The van der Waals surface area contributed by atoms with Gasteiger partial charge in [-0.05, 0) is 45.4 Å². The first-order valence-electron chi connectivity index (χ1n) is 6.17. The van der Waals surface area contributed by atoms with Gasteiger partial charge in [-0.3, -0.25) is 4.79 Å². The van der Waals surface area contributed by atoms with Gasteiger partial charge in [0.1, 0.15) is 0 Å². The fourth-order valence-corrected chi connectivity index (χ4v) is 2.11. The van der Waals surface area contributed by atoms with Crippen LogP contribution >= 0.6 is 11.8 Å². The number of carbonyl (C=O) groups excluding carboxylic acids is 1. The summed E-state index contributed by atoms with van der Waals surface area (Å²) in [4.78, 5) is 11.0. The number of carbonyl (C=O) groups is 1. The standard InChI is InChI=1S/C12H25NO2S/c1-4-8-13-11(3)7-6-9-16-10-12(14)15-5-2/h11,13H,4-10H2,1-3H3. The number of nitrogens with one attached hydrogen (secondary N) is 1. The zero-order valence-corrected chi connectivity index (χ0v) is 11.6. The van der Waals surface area contributed by atoms with E-state index >= 15 is 0 Å². The average Bonchev–Trinajstić information content (AvgIpc) is 2.26. The van der Waals surface area contributed by atoms with Gasteiger partial charge in [0.25, 0.3) is 0 Å². The van der Waals surface area contributed by atoms with Crippen LogP contribution in [0.1, 0.15) is 40.0 Å². The van der Waals surface area contributed by atoms with Crippen LogP contribution in [0.2, 0.25) is 0 Å². The highest BCUT2D eigenvalue weighted by molar-refractivity contribution is 7.99. The molecule has 1 unspecified atom stereocenters. The van der Waals surface area contributed by atoms with Gasteiger partial charge in [-0.2, -0.15) is 11.8 Å². The number of thioether (sulfide) groups is 1. The Balaban J connectivity index is 3.23. The molecule has 96 valence electrons. The molecular weight excluding hydrogens is 222 g/mol. The van der Waals surface area contributed by atoms with Crippen molar-refractivity contribution in [3.63, 3.8) is 0 Å². The van der Waals surface area contributed by atoms with E-state index in [0.29, 0.717) is 18.4 Å². The molecule has 1 atom stereocenters. The van der Waals surface area contributed by atoms with Gasteiger partial charge in [0.15, 0.2) is 0 Å². The predicted octanol–water partition coefficient (Wildman–Crippen LogP) is 2.45. The lowest BCUT2D eigenvalue weighted by Gasteiger charge is -2.12. The van der Waals surface area contributed by atoms with Gasteiger partial charge >= 0.3 is 5.97 Å². The molecule has 0 fully saturated rings. The lowest BCUT2D eigenvalue weighted by Crippen LogP contribution is -2.26. The highest BCUT2D eigenvalue weighted by Crippen LogP contribution is 2.07. The summed E-state index contributed by atoms with van der Waals surface area (Å²) in [6.45, 7) is 7.80. The maximum atomic E-state index is 11.0. The fourth-order valence-electron chi connectivity index (χ4n) is 1.34. The van der Waals surface area contributed by atoms with Crippen LogP contribution in [0.15, 0.2) is 0 Å². The molecule has 0 spiro atoms. The highest BCUT2D eigenvalue weighted by atomic mass is 32.2. The molecule has 3 nitrogen and oxygen atoms in total. The fraction of sp³-hybridized carbons (Fsp3) is 0.917. The van der Waals surface area contributed by atoms with E-state index in [1.54, 1.807) is 11.8 Å². The summed E-state index contributed by atoms with van der Waals surface area (Å²) in [6.07, 6.45) is 3.51. The summed E-state index contributed by atoms with van der Waals surface area (Å²) in [7, 11) is 0. The molecule has 0 amide bonds. The van der Waals surface area contributed by atoms with E-state index in [9.17, 15) is 4.79 Å². The summed E-state index contributed by atoms with van der Waals surface area (Å²) < 4.78 is 4.85. The molecule has 1 N–H and O–H groups in total. The molecule has 0 saturated heterocycles. The van der Waals surface area contributed by atoms with Crippen molar-refractivity contribution in [2.24, 2.45) is 0 Å². The topological polar surface area (TPSA) is 38.3 Å². The lowest BCUT2D eigenvalue weighted by atomic mass is 10.2.